The maximum Gasteiger partial charge on any atom is 0.251 e. The summed E-state index contributed by atoms with van der Waals surface area (Å²) in [4.78, 5) is 23.3. The van der Waals surface area contributed by atoms with Crippen molar-refractivity contribution in [2.75, 3.05) is 5.32 Å². The summed E-state index contributed by atoms with van der Waals surface area (Å²) in [6.07, 6.45) is 2.41. The van der Waals surface area contributed by atoms with Gasteiger partial charge < -0.3 is 10.6 Å². The van der Waals surface area contributed by atoms with Crippen LogP contribution in [0.25, 0.3) is 0 Å². The average molecular weight is 262 g/mol. The lowest BCUT2D eigenvalue weighted by Gasteiger charge is -2.13. The van der Waals surface area contributed by atoms with Crippen molar-refractivity contribution in [1.29, 1.82) is 0 Å². The van der Waals surface area contributed by atoms with Crippen LogP contribution in [0.5, 0.6) is 0 Å². The van der Waals surface area contributed by atoms with Crippen LogP contribution in [-0.2, 0) is 4.79 Å². The minimum Gasteiger partial charge on any atom is -0.350 e. The van der Waals surface area contributed by atoms with E-state index in [1.165, 1.54) is 0 Å². The normalized spacial score (nSPS) is 11.7. The number of amides is 2. The first-order valence-corrected chi connectivity index (χ1v) is 6.77. The van der Waals surface area contributed by atoms with E-state index in [0.29, 0.717) is 17.7 Å². The number of carbonyl (C=O) groups excluding carboxylic acids is 2. The molecule has 4 nitrogen and oxygen atoms in total. The lowest BCUT2D eigenvalue weighted by Crippen LogP contribution is -2.32. The van der Waals surface area contributed by atoms with Crippen molar-refractivity contribution in [3.8, 4) is 0 Å². The molecule has 0 saturated carbocycles. The fraction of sp³-hybridized carbons (Fsp3) is 0.467. The maximum absolute atomic E-state index is 12.0. The van der Waals surface area contributed by atoms with Crippen molar-refractivity contribution in [3.05, 3.63) is 29.8 Å². The molecular formula is C15H22N2O2. The highest BCUT2D eigenvalue weighted by Gasteiger charge is 2.10. The van der Waals surface area contributed by atoms with Crippen molar-refractivity contribution in [2.45, 2.75) is 46.1 Å². The van der Waals surface area contributed by atoms with Gasteiger partial charge in [0.1, 0.15) is 0 Å². The summed E-state index contributed by atoms with van der Waals surface area (Å²) >= 11 is 0. The Kier molecular flexibility index (Phi) is 6.06. The summed E-state index contributed by atoms with van der Waals surface area (Å²) < 4.78 is 0. The Balaban J connectivity index is 2.70. The highest BCUT2D eigenvalue weighted by Crippen LogP contribution is 2.11. The van der Waals surface area contributed by atoms with E-state index in [1.807, 2.05) is 6.92 Å². The van der Waals surface area contributed by atoms with Crippen LogP contribution in [0.4, 0.5) is 5.69 Å². The second-order valence-corrected chi connectivity index (χ2v) is 4.65. The van der Waals surface area contributed by atoms with Gasteiger partial charge in [0, 0.05) is 23.7 Å². The van der Waals surface area contributed by atoms with E-state index >= 15 is 0 Å². The third kappa shape index (κ3) is 5.12. The third-order valence-electron chi connectivity index (χ3n) is 2.83. The molecule has 1 unspecified atom stereocenters. The van der Waals surface area contributed by atoms with Gasteiger partial charge in [0.15, 0.2) is 0 Å². The Hall–Kier alpha value is -1.84. The van der Waals surface area contributed by atoms with E-state index in [0.717, 1.165) is 12.8 Å². The fourth-order valence-electron chi connectivity index (χ4n) is 1.80. The summed E-state index contributed by atoms with van der Waals surface area (Å²) in [7, 11) is 0. The van der Waals surface area contributed by atoms with Gasteiger partial charge in [-0.2, -0.15) is 0 Å². The molecule has 0 heterocycles. The van der Waals surface area contributed by atoms with Crippen LogP contribution in [0.1, 0.15) is 50.4 Å². The molecule has 0 spiro atoms. The molecule has 19 heavy (non-hydrogen) atoms. The zero-order valence-electron chi connectivity index (χ0n) is 11.8. The van der Waals surface area contributed by atoms with E-state index in [4.69, 9.17) is 0 Å². The van der Waals surface area contributed by atoms with Crippen LogP contribution in [-0.4, -0.2) is 17.9 Å². The highest BCUT2D eigenvalue weighted by molar-refractivity contribution is 5.97. The van der Waals surface area contributed by atoms with Crippen molar-refractivity contribution in [2.24, 2.45) is 0 Å². The fourth-order valence-corrected chi connectivity index (χ4v) is 1.80. The summed E-state index contributed by atoms with van der Waals surface area (Å²) in [6, 6.07) is 7.15. The van der Waals surface area contributed by atoms with Crippen molar-refractivity contribution >= 4 is 17.5 Å². The van der Waals surface area contributed by atoms with Gasteiger partial charge in [-0.25, -0.2) is 0 Å². The van der Waals surface area contributed by atoms with Crippen LogP contribution >= 0.6 is 0 Å². The molecule has 0 aromatic heterocycles. The number of hydrogen-bond donors (Lipinski definition) is 2. The zero-order valence-corrected chi connectivity index (χ0v) is 11.8. The van der Waals surface area contributed by atoms with Gasteiger partial charge in [-0.05, 0) is 31.5 Å². The molecule has 4 heteroatoms. The van der Waals surface area contributed by atoms with E-state index in [1.54, 1.807) is 31.2 Å². The van der Waals surface area contributed by atoms with Gasteiger partial charge in [-0.15, -0.1) is 0 Å². The Labute approximate surface area is 114 Å². The minimum atomic E-state index is -0.103. The quantitative estimate of drug-likeness (QED) is 0.828. The predicted molar refractivity (Wildman–Crippen MR) is 77.2 cm³/mol. The molecule has 0 bridgehead atoms. The summed E-state index contributed by atoms with van der Waals surface area (Å²) in [5, 5.41) is 5.69. The molecule has 0 aliphatic heterocycles. The van der Waals surface area contributed by atoms with Gasteiger partial charge in [-0.3, -0.25) is 9.59 Å². The van der Waals surface area contributed by atoms with Gasteiger partial charge >= 0.3 is 0 Å². The van der Waals surface area contributed by atoms with E-state index in [9.17, 15) is 9.59 Å². The Morgan fingerprint density at radius 2 is 2.00 bits per heavy atom. The molecule has 0 aliphatic carbocycles. The first kappa shape index (κ1) is 15.2. The summed E-state index contributed by atoms with van der Waals surface area (Å²) in [5.41, 5.74) is 1.22. The molecule has 1 aromatic carbocycles. The van der Waals surface area contributed by atoms with Crippen molar-refractivity contribution in [1.82, 2.24) is 5.32 Å². The van der Waals surface area contributed by atoms with Crippen LogP contribution < -0.4 is 10.6 Å². The molecular weight excluding hydrogens is 240 g/mol. The topological polar surface area (TPSA) is 58.2 Å². The maximum atomic E-state index is 12.0. The number of hydrogen-bond acceptors (Lipinski definition) is 2. The van der Waals surface area contributed by atoms with Crippen LogP contribution in [0, 0.1) is 0 Å². The van der Waals surface area contributed by atoms with Crippen molar-refractivity contribution < 1.29 is 9.59 Å². The molecule has 2 N–H and O–H groups in total. The second-order valence-electron chi connectivity index (χ2n) is 4.65. The smallest absolute Gasteiger partial charge is 0.251 e. The number of benzene rings is 1. The van der Waals surface area contributed by atoms with Crippen LogP contribution in [0.3, 0.4) is 0 Å². The highest BCUT2D eigenvalue weighted by atomic mass is 16.2. The van der Waals surface area contributed by atoms with Crippen LogP contribution in [0.15, 0.2) is 24.3 Å². The molecule has 0 saturated heterocycles. The van der Waals surface area contributed by atoms with Gasteiger partial charge in [-0.1, -0.05) is 26.3 Å². The molecule has 0 aliphatic rings. The van der Waals surface area contributed by atoms with E-state index in [-0.39, 0.29) is 17.9 Å². The Morgan fingerprint density at radius 3 is 2.63 bits per heavy atom. The standard InChI is InChI=1S/C15H22N2O2/c1-4-7-11(3)16-15(19)12-8-6-9-13(10-12)17-14(18)5-2/h6,8-11H,4-5,7H2,1-3H3,(H,16,19)(H,17,18). The largest absolute Gasteiger partial charge is 0.350 e. The predicted octanol–water partition coefficient (Wildman–Crippen LogP) is 2.95. The van der Waals surface area contributed by atoms with E-state index < -0.39 is 0 Å². The summed E-state index contributed by atoms with van der Waals surface area (Å²) in [6.45, 7) is 5.87. The number of nitrogens with one attached hydrogen (secondary N) is 2. The molecule has 1 aromatic rings. The minimum absolute atomic E-state index is 0.0584. The second kappa shape index (κ2) is 7.56. The van der Waals surface area contributed by atoms with Gasteiger partial charge in [0.25, 0.3) is 5.91 Å². The lowest BCUT2D eigenvalue weighted by atomic mass is 10.1. The van der Waals surface area contributed by atoms with Gasteiger partial charge in [0.05, 0.1) is 0 Å². The molecule has 1 rings (SSSR count). The Bertz CT molecular complexity index is 444. The first-order valence-electron chi connectivity index (χ1n) is 6.77. The molecule has 0 fully saturated rings. The summed E-state index contributed by atoms with van der Waals surface area (Å²) in [5.74, 6) is -0.162. The van der Waals surface area contributed by atoms with Gasteiger partial charge in [0.2, 0.25) is 5.91 Å². The third-order valence-corrected chi connectivity index (χ3v) is 2.83. The van der Waals surface area contributed by atoms with E-state index in [2.05, 4.69) is 17.6 Å². The van der Waals surface area contributed by atoms with Crippen molar-refractivity contribution in [3.63, 3.8) is 0 Å². The molecule has 2 amide bonds. The SMILES string of the molecule is CCCC(C)NC(=O)c1cccc(NC(=O)CC)c1. The average Bonchev–Trinajstić information content (AvgIpc) is 2.39. The monoisotopic (exact) mass is 262 g/mol. The lowest BCUT2D eigenvalue weighted by molar-refractivity contribution is -0.115. The molecule has 0 radical (unpaired) electrons. The van der Waals surface area contributed by atoms with Crippen LogP contribution in [0.2, 0.25) is 0 Å². The Morgan fingerprint density at radius 1 is 1.26 bits per heavy atom. The number of carbonyl (C=O) groups is 2. The zero-order chi connectivity index (χ0) is 14.3. The molecule has 104 valence electrons. The first-order chi connectivity index (χ1) is 9.06. The number of rotatable bonds is 6. The molecule has 1 atom stereocenters. The number of anilines is 1.